The van der Waals surface area contributed by atoms with E-state index in [0.717, 1.165) is 5.56 Å². The fourth-order valence-electron chi connectivity index (χ4n) is 3.28. The molecule has 2 rings (SSSR count). The molecule has 2 aromatic carbocycles. The Morgan fingerprint density at radius 2 is 1.56 bits per heavy atom. The van der Waals surface area contributed by atoms with Gasteiger partial charge in [0.15, 0.2) is 6.61 Å². The topological polar surface area (TPSA) is 61.9 Å². The summed E-state index contributed by atoms with van der Waals surface area (Å²) >= 11 is 0. The van der Waals surface area contributed by atoms with Crippen molar-refractivity contribution in [2.45, 2.75) is 26.6 Å². The van der Waals surface area contributed by atoms with Crippen molar-refractivity contribution in [3.8, 4) is 5.75 Å². The van der Waals surface area contributed by atoms with E-state index >= 15 is 0 Å². The van der Waals surface area contributed by atoms with E-state index in [9.17, 15) is 22.8 Å². The third-order valence-electron chi connectivity index (χ3n) is 4.59. The first-order chi connectivity index (χ1) is 14.9. The van der Waals surface area contributed by atoms with E-state index in [1.165, 1.54) is 4.90 Å². The standard InChI is InChI=1S/C23H28F3N3O3/c1-15-10-17(11-16(2)21(15)32-14-23(24,25)26)12-29(5)13-20(30)27-19-8-6-18(7-9-19)22(31)28(3)4/h6-11H,12-14H2,1-5H3,(H,27,30). The van der Waals surface area contributed by atoms with Gasteiger partial charge in [0.05, 0.1) is 6.54 Å². The van der Waals surface area contributed by atoms with E-state index in [2.05, 4.69) is 5.32 Å². The van der Waals surface area contributed by atoms with E-state index in [1.807, 2.05) is 0 Å². The molecule has 0 aliphatic rings. The van der Waals surface area contributed by atoms with Crippen LogP contribution in [0.5, 0.6) is 5.75 Å². The van der Waals surface area contributed by atoms with Crippen molar-refractivity contribution < 1.29 is 27.5 Å². The molecule has 0 saturated carbocycles. The lowest BCUT2D eigenvalue weighted by molar-refractivity contribution is -0.153. The van der Waals surface area contributed by atoms with Gasteiger partial charge in [-0.2, -0.15) is 13.2 Å². The maximum Gasteiger partial charge on any atom is 0.422 e. The lowest BCUT2D eigenvalue weighted by Gasteiger charge is -2.19. The number of carbonyl (C=O) groups is 2. The molecule has 2 aromatic rings. The third-order valence-corrected chi connectivity index (χ3v) is 4.59. The number of amides is 2. The Morgan fingerprint density at radius 1 is 1.00 bits per heavy atom. The van der Waals surface area contributed by atoms with Gasteiger partial charge >= 0.3 is 6.18 Å². The molecular formula is C23H28F3N3O3. The van der Waals surface area contributed by atoms with Crippen LogP contribution in [0, 0.1) is 13.8 Å². The normalized spacial score (nSPS) is 11.4. The predicted octanol–water partition coefficient (Wildman–Crippen LogP) is 4.02. The first-order valence-corrected chi connectivity index (χ1v) is 9.95. The van der Waals surface area contributed by atoms with Crippen LogP contribution in [0.15, 0.2) is 36.4 Å². The van der Waals surface area contributed by atoms with Crippen LogP contribution < -0.4 is 10.1 Å². The number of ether oxygens (including phenoxy) is 1. The summed E-state index contributed by atoms with van der Waals surface area (Å²) in [4.78, 5) is 27.5. The average Bonchev–Trinajstić information content (AvgIpc) is 2.66. The van der Waals surface area contributed by atoms with E-state index in [1.54, 1.807) is 76.3 Å². The summed E-state index contributed by atoms with van der Waals surface area (Å²) in [6.45, 7) is 2.60. The van der Waals surface area contributed by atoms with Crippen molar-refractivity contribution in [1.82, 2.24) is 9.80 Å². The van der Waals surface area contributed by atoms with Crippen LogP contribution in [0.2, 0.25) is 0 Å². The number of likely N-dealkylation sites (N-methyl/N-ethyl adjacent to an activating group) is 1. The zero-order valence-corrected chi connectivity index (χ0v) is 18.8. The number of hydrogen-bond acceptors (Lipinski definition) is 4. The Kier molecular flexibility index (Phi) is 8.26. The van der Waals surface area contributed by atoms with Gasteiger partial charge in [-0.3, -0.25) is 14.5 Å². The molecule has 174 valence electrons. The van der Waals surface area contributed by atoms with Gasteiger partial charge in [0.1, 0.15) is 5.75 Å². The summed E-state index contributed by atoms with van der Waals surface area (Å²) in [6.07, 6.45) is -4.40. The minimum Gasteiger partial charge on any atom is -0.484 e. The Labute approximate surface area is 186 Å². The second kappa shape index (κ2) is 10.5. The number of halogens is 3. The molecule has 0 aliphatic heterocycles. The molecule has 0 heterocycles. The van der Waals surface area contributed by atoms with E-state index < -0.39 is 12.8 Å². The first-order valence-electron chi connectivity index (χ1n) is 9.95. The molecule has 2 amide bonds. The highest BCUT2D eigenvalue weighted by Crippen LogP contribution is 2.27. The molecule has 0 spiro atoms. The maximum atomic E-state index is 12.4. The quantitative estimate of drug-likeness (QED) is 0.659. The molecule has 9 heteroatoms. The number of benzene rings is 2. The van der Waals surface area contributed by atoms with Crippen LogP contribution in [0.3, 0.4) is 0 Å². The van der Waals surface area contributed by atoms with Crippen LogP contribution >= 0.6 is 0 Å². The fraction of sp³-hybridized carbons (Fsp3) is 0.391. The summed E-state index contributed by atoms with van der Waals surface area (Å²) in [6, 6.07) is 10.1. The van der Waals surface area contributed by atoms with E-state index in [0.29, 0.717) is 28.9 Å². The molecule has 0 unspecified atom stereocenters. The summed E-state index contributed by atoms with van der Waals surface area (Å²) in [5.74, 6) is -0.122. The number of anilines is 1. The zero-order valence-electron chi connectivity index (χ0n) is 18.8. The van der Waals surface area contributed by atoms with Crippen LogP contribution in [-0.2, 0) is 11.3 Å². The molecule has 0 bridgehead atoms. The minimum absolute atomic E-state index is 0.114. The van der Waals surface area contributed by atoms with E-state index in [-0.39, 0.29) is 24.1 Å². The molecule has 0 saturated heterocycles. The number of carbonyl (C=O) groups excluding carboxylic acids is 2. The molecular weight excluding hydrogens is 423 g/mol. The molecule has 0 aromatic heterocycles. The van der Waals surface area contributed by atoms with Gasteiger partial charge in [0, 0.05) is 31.9 Å². The van der Waals surface area contributed by atoms with Gasteiger partial charge in [-0.15, -0.1) is 0 Å². The van der Waals surface area contributed by atoms with Gasteiger partial charge in [-0.1, -0.05) is 12.1 Å². The molecule has 0 aliphatic carbocycles. The van der Waals surface area contributed by atoms with Gasteiger partial charge in [-0.05, 0) is 61.9 Å². The summed E-state index contributed by atoms with van der Waals surface area (Å²) in [5.41, 5.74) is 3.18. The van der Waals surface area contributed by atoms with Crippen molar-refractivity contribution in [1.29, 1.82) is 0 Å². The summed E-state index contributed by atoms with van der Waals surface area (Å²) in [7, 11) is 5.11. The van der Waals surface area contributed by atoms with Crippen molar-refractivity contribution in [2.75, 3.05) is 39.6 Å². The highest BCUT2D eigenvalue weighted by molar-refractivity contribution is 5.96. The molecule has 6 nitrogen and oxygen atoms in total. The lowest BCUT2D eigenvalue weighted by Crippen LogP contribution is -2.30. The molecule has 0 radical (unpaired) electrons. The molecule has 32 heavy (non-hydrogen) atoms. The Bertz CT molecular complexity index is 934. The number of nitrogens with one attached hydrogen (secondary N) is 1. The number of hydrogen-bond donors (Lipinski definition) is 1. The van der Waals surface area contributed by atoms with Gasteiger partial charge < -0.3 is 15.0 Å². The number of nitrogens with zero attached hydrogens (tertiary/aromatic N) is 2. The largest absolute Gasteiger partial charge is 0.484 e. The SMILES string of the molecule is Cc1cc(CN(C)CC(=O)Nc2ccc(C(=O)N(C)C)cc2)cc(C)c1OCC(F)(F)F. The second-order valence-electron chi connectivity index (χ2n) is 7.96. The molecule has 0 atom stereocenters. The first kappa shape index (κ1) is 25.2. The Hall–Kier alpha value is -3.07. The lowest BCUT2D eigenvalue weighted by atomic mass is 10.1. The fourth-order valence-corrected chi connectivity index (χ4v) is 3.28. The van der Waals surface area contributed by atoms with Crippen molar-refractivity contribution >= 4 is 17.5 Å². The number of aryl methyl sites for hydroxylation is 2. The smallest absolute Gasteiger partial charge is 0.422 e. The van der Waals surface area contributed by atoms with Crippen LogP contribution in [0.25, 0.3) is 0 Å². The Morgan fingerprint density at radius 3 is 2.06 bits per heavy atom. The van der Waals surface area contributed by atoms with E-state index in [4.69, 9.17) is 4.74 Å². The van der Waals surface area contributed by atoms with Crippen LogP contribution in [-0.4, -0.2) is 62.1 Å². The zero-order chi connectivity index (χ0) is 24.1. The average molecular weight is 451 g/mol. The van der Waals surface area contributed by atoms with Crippen molar-refractivity contribution in [3.63, 3.8) is 0 Å². The highest BCUT2D eigenvalue weighted by atomic mass is 19.4. The van der Waals surface area contributed by atoms with Gasteiger partial charge in [0.25, 0.3) is 5.91 Å². The number of rotatable bonds is 8. The molecule has 0 fully saturated rings. The van der Waals surface area contributed by atoms with Crippen molar-refractivity contribution in [2.24, 2.45) is 0 Å². The number of alkyl halides is 3. The predicted molar refractivity (Wildman–Crippen MR) is 117 cm³/mol. The maximum absolute atomic E-state index is 12.4. The van der Waals surface area contributed by atoms with Gasteiger partial charge in [0.2, 0.25) is 5.91 Å². The summed E-state index contributed by atoms with van der Waals surface area (Å²) in [5, 5.41) is 2.78. The monoisotopic (exact) mass is 451 g/mol. The van der Waals surface area contributed by atoms with Crippen molar-refractivity contribution in [3.05, 3.63) is 58.7 Å². The third kappa shape index (κ3) is 7.56. The minimum atomic E-state index is -4.40. The van der Waals surface area contributed by atoms with Crippen LogP contribution in [0.4, 0.5) is 18.9 Å². The molecule has 1 N–H and O–H groups in total. The van der Waals surface area contributed by atoms with Crippen LogP contribution in [0.1, 0.15) is 27.0 Å². The second-order valence-corrected chi connectivity index (χ2v) is 7.96. The Balaban J connectivity index is 1.93. The summed E-state index contributed by atoms with van der Waals surface area (Å²) < 4.78 is 42.2. The van der Waals surface area contributed by atoms with Gasteiger partial charge in [-0.25, -0.2) is 0 Å². The highest BCUT2D eigenvalue weighted by Gasteiger charge is 2.29.